The predicted octanol–water partition coefficient (Wildman–Crippen LogP) is 12.0. The molecule has 2 aromatic heterocycles. The maximum Gasteiger partial charge on any atom is 0.0772 e. The molecule has 6 atom stereocenters. The number of hydrogen-bond acceptors (Lipinski definition) is 1. The summed E-state index contributed by atoms with van der Waals surface area (Å²) in [4.78, 5) is 1.17. The van der Waals surface area contributed by atoms with Gasteiger partial charge in [-0.25, -0.2) is 0 Å². The summed E-state index contributed by atoms with van der Waals surface area (Å²) in [6.07, 6.45) is -6.00. The second-order valence-electron chi connectivity index (χ2n) is 12.3. The van der Waals surface area contributed by atoms with Crippen LogP contribution in [0, 0.1) is 0 Å². The summed E-state index contributed by atoms with van der Waals surface area (Å²) in [5.41, 5.74) is -1.79. The van der Waals surface area contributed by atoms with Gasteiger partial charge in [-0.3, -0.25) is 0 Å². The van der Waals surface area contributed by atoms with Crippen molar-refractivity contribution in [2.24, 2.45) is 0 Å². The van der Waals surface area contributed by atoms with Crippen LogP contribution in [-0.4, -0.2) is 15.2 Å². The average molecular weight is 677 g/mol. The molecule has 3 heterocycles. The van der Waals surface area contributed by atoms with Crippen LogP contribution in [0.1, 0.15) is 64.3 Å². The predicted molar refractivity (Wildman–Crippen MR) is 213 cm³/mol. The number of hydrogen-bond donors (Lipinski definition) is 0. The van der Waals surface area contributed by atoms with Crippen LogP contribution >= 0.6 is 0 Å². The molecule has 6 unspecified atom stereocenters. The van der Waals surface area contributed by atoms with Crippen LogP contribution in [0.3, 0.4) is 0 Å². The SMILES string of the molecule is [2H]C1=C([2H])C2c3c([2H])c(-c4c([2H])c([2H])c([2H])c5c6c([2H])c([2H])c([2H])c([2H])c6n(-c6ccccc6)c45)c([2H])c([2H])c3N(c3c([2H])c([2H])c([2H])c4c5c(n(-c6ccccc6)c34)C([2H])C([2H])C([2H])C5[2H])C2C([2H])=C1[2H]. The molecule has 0 saturated carbocycles. The first-order chi connectivity index (χ1) is 34.1. The standard InChI is InChI=1S/C48H37N3/c1-3-15-33(16-4-1)49-42-25-10-7-19-36(42)39-23-13-22-35(47(39)49)32-29-30-45-41(31-32)38-21-9-12-27-44(38)51(45)46-28-14-24-40-37-20-8-11-26-43(37)50(48(40)46)34-17-5-2-6-18-34/h1-7,9-10,12-19,21-25,27-31,38,44H,8,11,20,26H2/i7D,8D,9D,10D,11D,12D,13D,14D,19D,20D,21D,22D,23D,24D,25D,26D,27D,28D,29D,30D,31D. The molecule has 2 aliphatic carbocycles. The normalized spacial score (nSPS) is 30.0. The van der Waals surface area contributed by atoms with E-state index in [-0.39, 0.29) is 66.6 Å². The first kappa shape index (κ1) is 15.0. The summed E-state index contributed by atoms with van der Waals surface area (Å²) < 4.78 is 198. The zero-order valence-corrected chi connectivity index (χ0v) is 26.6. The van der Waals surface area contributed by atoms with Gasteiger partial charge in [-0.15, -0.1) is 0 Å². The van der Waals surface area contributed by atoms with Crippen LogP contribution in [0.2, 0.25) is 0 Å². The van der Waals surface area contributed by atoms with Crippen molar-refractivity contribution in [1.29, 1.82) is 0 Å². The Labute approximate surface area is 327 Å². The maximum atomic E-state index is 10.2. The third-order valence-corrected chi connectivity index (χ3v) is 9.68. The number of allylic oxidation sites excluding steroid dienone is 2. The van der Waals surface area contributed by atoms with Crippen molar-refractivity contribution >= 4 is 44.1 Å². The van der Waals surface area contributed by atoms with Gasteiger partial charge in [0.2, 0.25) is 0 Å². The minimum atomic E-state index is -1.67. The lowest BCUT2D eigenvalue weighted by Gasteiger charge is -2.30. The molecule has 0 spiro atoms. The maximum absolute atomic E-state index is 10.2. The lowest BCUT2D eigenvalue weighted by atomic mass is 9.89. The average Bonchev–Trinajstić information content (AvgIpc) is 4.05. The fraction of sp³-hybridized carbons (Fsp3) is 0.125. The van der Waals surface area contributed by atoms with Crippen LogP contribution in [0.5, 0.6) is 0 Å². The Balaban J connectivity index is 1.34. The first-order valence-corrected chi connectivity index (χ1v) is 16.4. The Hall–Kier alpha value is -6.06. The quantitative estimate of drug-likeness (QED) is 0.181. The summed E-state index contributed by atoms with van der Waals surface area (Å²) in [6, 6.07) is 3.41. The van der Waals surface area contributed by atoms with Crippen molar-refractivity contribution in [3.8, 4) is 22.5 Å². The van der Waals surface area contributed by atoms with Crippen molar-refractivity contribution in [3.05, 3.63) is 180 Å². The van der Waals surface area contributed by atoms with Gasteiger partial charge >= 0.3 is 0 Å². The van der Waals surface area contributed by atoms with E-state index >= 15 is 0 Å². The van der Waals surface area contributed by atoms with E-state index in [0.717, 1.165) is 0 Å². The molecule has 3 nitrogen and oxygen atoms in total. The Morgan fingerprint density at radius 2 is 1.33 bits per heavy atom. The minimum Gasteiger partial charge on any atom is -0.332 e. The molecule has 51 heavy (non-hydrogen) atoms. The molecule has 0 fully saturated rings. The number of aromatic nitrogens is 2. The van der Waals surface area contributed by atoms with E-state index in [2.05, 4.69) is 0 Å². The Morgan fingerprint density at radius 3 is 2.20 bits per heavy atom. The monoisotopic (exact) mass is 676 g/mol. The van der Waals surface area contributed by atoms with Gasteiger partial charge in [-0.2, -0.15) is 0 Å². The highest BCUT2D eigenvalue weighted by Gasteiger charge is 2.39. The smallest absolute Gasteiger partial charge is 0.0772 e. The summed E-state index contributed by atoms with van der Waals surface area (Å²) in [5, 5.41) is -0.552. The number of rotatable bonds is 4. The number of benzene rings is 6. The van der Waals surface area contributed by atoms with E-state index in [1.54, 1.807) is 60.7 Å². The minimum absolute atomic E-state index is 0.0202. The number of nitrogens with zero attached hydrogens (tertiary/aromatic N) is 3. The fourth-order valence-corrected chi connectivity index (χ4v) is 7.58. The second-order valence-corrected chi connectivity index (χ2v) is 12.3. The van der Waals surface area contributed by atoms with Crippen LogP contribution in [0.15, 0.2) is 163 Å². The van der Waals surface area contributed by atoms with E-state index in [1.165, 1.54) is 14.0 Å². The highest BCUT2D eigenvalue weighted by Crippen LogP contribution is 2.52. The van der Waals surface area contributed by atoms with Crippen LogP contribution in [-0.2, 0) is 12.8 Å². The lowest BCUT2D eigenvalue weighted by molar-refractivity contribution is 0.666. The fourth-order valence-electron chi connectivity index (χ4n) is 7.58. The second kappa shape index (κ2) is 11.2. The molecule has 0 saturated heterocycles. The van der Waals surface area contributed by atoms with Gasteiger partial charge in [0.05, 0.1) is 51.6 Å². The molecule has 3 heteroatoms. The number of para-hydroxylation sites is 5. The third-order valence-electron chi connectivity index (χ3n) is 9.68. The molecule has 3 aliphatic rings. The van der Waals surface area contributed by atoms with E-state index in [9.17, 15) is 16.4 Å². The zero-order chi connectivity index (χ0) is 51.7. The van der Waals surface area contributed by atoms with Crippen molar-refractivity contribution in [1.82, 2.24) is 9.13 Å². The Kier molecular flexibility index (Phi) is 3.31. The summed E-state index contributed by atoms with van der Waals surface area (Å²) in [7, 11) is 0. The number of aryl methyl sites for hydroxylation is 1. The van der Waals surface area contributed by atoms with Gasteiger partial charge in [0.1, 0.15) is 0 Å². The van der Waals surface area contributed by atoms with Crippen molar-refractivity contribution < 1.29 is 28.8 Å². The van der Waals surface area contributed by atoms with Crippen LogP contribution < -0.4 is 4.90 Å². The molecule has 244 valence electrons. The molecule has 11 rings (SSSR count). The van der Waals surface area contributed by atoms with Crippen LogP contribution in [0.25, 0.3) is 55.2 Å². The van der Waals surface area contributed by atoms with E-state index in [4.69, 9.17) is 12.3 Å². The van der Waals surface area contributed by atoms with Gasteiger partial charge in [0.25, 0.3) is 0 Å². The first-order valence-electron chi connectivity index (χ1n) is 27.2. The van der Waals surface area contributed by atoms with Crippen molar-refractivity contribution in [3.63, 3.8) is 0 Å². The van der Waals surface area contributed by atoms with Crippen LogP contribution in [0.4, 0.5) is 11.4 Å². The molecule has 0 amide bonds. The topological polar surface area (TPSA) is 13.1 Å². The van der Waals surface area contributed by atoms with Crippen molar-refractivity contribution in [2.45, 2.75) is 37.5 Å². The molecule has 8 aromatic rings. The van der Waals surface area contributed by atoms with E-state index in [0.29, 0.717) is 5.69 Å². The van der Waals surface area contributed by atoms with Crippen molar-refractivity contribution in [2.75, 3.05) is 4.90 Å². The summed E-state index contributed by atoms with van der Waals surface area (Å²) >= 11 is 0. The van der Waals surface area contributed by atoms with E-state index in [1.807, 2.05) is 0 Å². The highest BCUT2D eigenvalue weighted by atomic mass is 15.2. The highest BCUT2D eigenvalue weighted by molar-refractivity contribution is 6.14. The molecule has 0 radical (unpaired) electrons. The van der Waals surface area contributed by atoms with Gasteiger partial charge in [0, 0.05) is 55.9 Å². The molecule has 1 aliphatic heterocycles. The zero-order valence-electron chi connectivity index (χ0n) is 47.6. The van der Waals surface area contributed by atoms with Gasteiger partial charge in [-0.05, 0) is 90.7 Å². The van der Waals surface area contributed by atoms with Gasteiger partial charge in [0.15, 0.2) is 0 Å². The third kappa shape index (κ3) is 4.18. The van der Waals surface area contributed by atoms with E-state index < -0.39 is 151 Å². The molecular weight excluding hydrogens is 619 g/mol. The van der Waals surface area contributed by atoms with Gasteiger partial charge in [-0.1, -0.05) is 115 Å². The largest absolute Gasteiger partial charge is 0.332 e. The molecular formula is C48H37N3. The van der Waals surface area contributed by atoms with Gasteiger partial charge < -0.3 is 14.0 Å². The number of anilines is 2. The molecule has 0 N–H and O–H groups in total. The number of fused-ring (bicyclic) bond motifs is 9. The molecule has 6 aromatic carbocycles. The summed E-state index contributed by atoms with van der Waals surface area (Å²) in [6.45, 7) is 0. The lowest BCUT2D eigenvalue weighted by Crippen LogP contribution is -2.29. The Bertz CT molecular complexity index is 3830. The Morgan fingerprint density at radius 1 is 0.608 bits per heavy atom. The molecule has 0 bridgehead atoms. The summed E-state index contributed by atoms with van der Waals surface area (Å²) in [5.74, 6) is -1.62.